The van der Waals surface area contributed by atoms with Gasteiger partial charge in [0.25, 0.3) is 0 Å². The van der Waals surface area contributed by atoms with Crippen LogP contribution >= 0.6 is 0 Å². The van der Waals surface area contributed by atoms with Gasteiger partial charge in [-0.25, -0.2) is 4.18 Å². The lowest BCUT2D eigenvalue weighted by Gasteiger charge is -2.41. The molecule has 0 aliphatic carbocycles. The highest BCUT2D eigenvalue weighted by molar-refractivity contribution is 7.80. The van der Waals surface area contributed by atoms with Crippen molar-refractivity contribution in [1.29, 1.82) is 0 Å². The van der Waals surface area contributed by atoms with Crippen molar-refractivity contribution in [2.75, 3.05) is 26.4 Å². The van der Waals surface area contributed by atoms with Gasteiger partial charge in [-0.15, -0.1) is 0 Å². The van der Waals surface area contributed by atoms with Crippen LogP contribution in [0.1, 0.15) is 155 Å². The van der Waals surface area contributed by atoms with Crippen LogP contribution < -0.4 is 0 Å². The van der Waals surface area contributed by atoms with Gasteiger partial charge in [-0.05, 0) is 96.3 Å². The van der Waals surface area contributed by atoms with E-state index in [1.165, 1.54) is 0 Å². The summed E-state index contributed by atoms with van der Waals surface area (Å²) in [5.74, 6) is -0.433. The minimum absolute atomic E-state index is 0.00761. The van der Waals surface area contributed by atoms with Crippen LogP contribution in [0.4, 0.5) is 0 Å². The van der Waals surface area contributed by atoms with Crippen molar-refractivity contribution in [2.24, 2.45) is 0 Å². The molecule has 0 amide bonds. The molecule has 0 saturated carbocycles. The van der Waals surface area contributed by atoms with Crippen LogP contribution in [0, 0.1) is 0 Å². The van der Waals surface area contributed by atoms with E-state index in [0.717, 1.165) is 128 Å². The summed E-state index contributed by atoms with van der Waals surface area (Å²) >= 11 is 0. The Balaban J connectivity index is 2.42. The molecule has 376 valence electrons. The topological polar surface area (TPSA) is 178 Å². The number of esters is 1. The summed E-state index contributed by atoms with van der Waals surface area (Å²) in [6.45, 7) is 3.67. The van der Waals surface area contributed by atoms with Gasteiger partial charge >= 0.3 is 16.4 Å². The molecule has 1 fully saturated rings. The molecule has 0 spiro atoms. The smallest absolute Gasteiger partial charge is 0.397 e. The molecule has 1 rings (SSSR count). The molecule has 6 atom stereocenters. The molecule has 66 heavy (non-hydrogen) atoms. The average Bonchev–Trinajstić information content (AvgIpc) is 3.29. The summed E-state index contributed by atoms with van der Waals surface area (Å²) in [6, 6.07) is 0. The Morgan fingerprint density at radius 1 is 0.576 bits per heavy atom. The number of rotatable bonds is 41. The number of aliphatic hydroxyl groups excluding tert-OH is 3. The first-order valence-corrected chi connectivity index (χ1v) is 26.0. The zero-order chi connectivity index (χ0) is 48.2. The first-order chi connectivity index (χ1) is 32.1. The van der Waals surface area contributed by atoms with E-state index in [-0.39, 0.29) is 19.6 Å². The first-order valence-electron chi connectivity index (χ1n) is 24.6. The SMILES string of the molecule is CC/C=C\C/C=C\C/C=C\C/C=C\C/C=C\CCCCCCCCOCC(COC1OC(CO)C(O)C(OS(=O)(=O)O)C1O)OC(=O)CCCCCC/C=C\C/C=C\C/C=C\C/C=C\CC. The standard InChI is InChI=1S/C53H86O12S/c1-3-5-7-9-11-13-15-17-19-21-22-23-24-25-27-29-31-33-35-37-39-41-43-61-45-47(46-62-53-51(57)52(65-66(58,59)60)50(56)48(44-54)64-53)63-49(55)42-40-38-36-34-32-30-28-26-20-18-16-14-12-10-8-6-4-2/h5-8,11-14,17-20,22-23,25,27-28,30,47-48,50-54,56-57H,3-4,9-10,15-16,21,24,26,29,31-46H2,1-2H3,(H,58,59,60)/b7-5-,8-6-,13-11-,14-12-,19-17-,20-18-,23-22-,27-25-,30-28-. The summed E-state index contributed by atoms with van der Waals surface area (Å²) in [5, 5.41) is 30.7. The third-order valence-electron chi connectivity index (χ3n) is 10.4. The normalized spacial score (nSPS) is 20.5. The van der Waals surface area contributed by atoms with Crippen molar-refractivity contribution < 1.29 is 56.2 Å². The maximum absolute atomic E-state index is 12.9. The molecule has 0 aromatic carbocycles. The van der Waals surface area contributed by atoms with E-state index in [4.69, 9.17) is 18.9 Å². The van der Waals surface area contributed by atoms with E-state index in [0.29, 0.717) is 13.0 Å². The second kappa shape index (κ2) is 43.1. The Morgan fingerprint density at radius 2 is 1.00 bits per heavy atom. The van der Waals surface area contributed by atoms with E-state index in [1.54, 1.807) is 0 Å². The Kier molecular flexibility index (Phi) is 39.7. The van der Waals surface area contributed by atoms with Crippen LogP contribution in [0.15, 0.2) is 109 Å². The Labute approximate surface area is 398 Å². The highest BCUT2D eigenvalue weighted by Crippen LogP contribution is 2.26. The fourth-order valence-electron chi connectivity index (χ4n) is 6.75. The molecule has 13 heteroatoms. The van der Waals surface area contributed by atoms with Crippen molar-refractivity contribution in [3.05, 3.63) is 109 Å². The van der Waals surface area contributed by atoms with Crippen molar-refractivity contribution in [2.45, 2.75) is 192 Å². The zero-order valence-corrected chi connectivity index (χ0v) is 41.0. The van der Waals surface area contributed by atoms with Crippen molar-refractivity contribution in [3.8, 4) is 0 Å². The van der Waals surface area contributed by atoms with Gasteiger partial charge in [0, 0.05) is 13.0 Å². The highest BCUT2D eigenvalue weighted by atomic mass is 32.3. The molecule has 1 aliphatic rings. The van der Waals surface area contributed by atoms with Gasteiger partial charge < -0.3 is 34.3 Å². The third kappa shape index (κ3) is 35.9. The summed E-state index contributed by atoms with van der Waals surface area (Å²) in [5.41, 5.74) is 0. The Morgan fingerprint density at radius 3 is 1.45 bits per heavy atom. The number of ether oxygens (including phenoxy) is 4. The van der Waals surface area contributed by atoms with Gasteiger partial charge in [-0.1, -0.05) is 162 Å². The van der Waals surface area contributed by atoms with Crippen LogP contribution in [0.3, 0.4) is 0 Å². The molecule has 1 aliphatic heterocycles. The van der Waals surface area contributed by atoms with E-state index < -0.39 is 59.8 Å². The van der Waals surface area contributed by atoms with Gasteiger partial charge in [-0.2, -0.15) is 8.42 Å². The predicted molar refractivity (Wildman–Crippen MR) is 266 cm³/mol. The fraction of sp³-hybridized carbons (Fsp3) is 0.642. The van der Waals surface area contributed by atoms with Crippen molar-refractivity contribution in [3.63, 3.8) is 0 Å². The molecule has 0 bridgehead atoms. The molecule has 0 aromatic heterocycles. The van der Waals surface area contributed by atoms with Crippen molar-refractivity contribution >= 4 is 16.4 Å². The quantitative estimate of drug-likeness (QED) is 0.0198. The van der Waals surface area contributed by atoms with Crippen LogP contribution in [0.2, 0.25) is 0 Å². The lowest BCUT2D eigenvalue weighted by molar-refractivity contribution is -0.301. The maximum Gasteiger partial charge on any atom is 0.397 e. The number of allylic oxidation sites excluding steroid dienone is 18. The number of hydrogen-bond acceptors (Lipinski definition) is 11. The number of aliphatic hydroxyl groups is 3. The predicted octanol–water partition coefficient (Wildman–Crippen LogP) is 11.2. The number of unbranched alkanes of at least 4 members (excludes halogenated alkanes) is 10. The monoisotopic (exact) mass is 947 g/mol. The fourth-order valence-corrected chi connectivity index (χ4v) is 7.26. The average molecular weight is 947 g/mol. The third-order valence-corrected chi connectivity index (χ3v) is 10.9. The zero-order valence-electron chi connectivity index (χ0n) is 40.2. The van der Waals surface area contributed by atoms with Gasteiger partial charge in [0.2, 0.25) is 0 Å². The van der Waals surface area contributed by atoms with Gasteiger partial charge in [0.15, 0.2) is 6.29 Å². The molecule has 6 unspecified atom stereocenters. The van der Waals surface area contributed by atoms with E-state index in [2.05, 4.69) is 127 Å². The van der Waals surface area contributed by atoms with Crippen LogP contribution in [-0.2, 0) is 38.3 Å². The van der Waals surface area contributed by atoms with Gasteiger partial charge in [0.1, 0.15) is 30.5 Å². The molecule has 0 aromatic rings. The molecule has 12 nitrogen and oxygen atoms in total. The summed E-state index contributed by atoms with van der Waals surface area (Å²) in [7, 11) is -5.08. The first kappa shape index (κ1) is 60.8. The van der Waals surface area contributed by atoms with E-state index >= 15 is 0 Å². The second-order valence-electron chi connectivity index (χ2n) is 16.3. The number of carbonyl (C=O) groups is 1. The summed E-state index contributed by atoms with van der Waals surface area (Å²) < 4.78 is 59.2. The molecule has 1 heterocycles. The highest BCUT2D eigenvalue weighted by Gasteiger charge is 2.48. The molecule has 4 N–H and O–H groups in total. The van der Waals surface area contributed by atoms with E-state index in [9.17, 15) is 33.1 Å². The summed E-state index contributed by atoms with van der Waals surface area (Å²) in [6.07, 6.45) is 51.1. The lowest BCUT2D eigenvalue weighted by Crippen LogP contribution is -2.60. The molecular formula is C53H86O12S. The number of carbonyl (C=O) groups excluding carboxylic acids is 1. The minimum atomic E-state index is -5.08. The summed E-state index contributed by atoms with van der Waals surface area (Å²) in [4.78, 5) is 12.9. The van der Waals surface area contributed by atoms with Crippen LogP contribution in [0.5, 0.6) is 0 Å². The Bertz CT molecular complexity index is 1560. The second-order valence-corrected chi connectivity index (χ2v) is 17.3. The minimum Gasteiger partial charge on any atom is -0.457 e. The molecular weight excluding hydrogens is 861 g/mol. The lowest BCUT2D eigenvalue weighted by atomic mass is 9.99. The van der Waals surface area contributed by atoms with Crippen molar-refractivity contribution in [1.82, 2.24) is 0 Å². The maximum atomic E-state index is 12.9. The van der Waals surface area contributed by atoms with Gasteiger partial charge in [-0.3, -0.25) is 9.35 Å². The molecule has 1 saturated heterocycles. The largest absolute Gasteiger partial charge is 0.457 e. The number of hydrogen-bond donors (Lipinski definition) is 4. The van der Waals surface area contributed by atoms with E-state index in [1.807, 2.05) is 0 Å². The Hall–Kier alpha value is -3.24. The molecule has 0 radical (unpaired) electrons. The van der Waals surface area contributed by atoms with Crippen LogP contribution in [0.25, 0.3) is 0 Å². The van der Waals surface area contributed by atoms with Crippen LogP contribution in [-0.4, -0.2) is 97.5 Å². The van der Waals surface area contributed by atoms with Gasteiger partial charge in [0.05, 0.1) is 19.8 Å².